The Morgan fingerprint density at radius 1 is 1.03 bits per heavy atom. The number of carbonyl (C=O) groups excluding carboxylic acids is 1. The standard InChI is InChI=1S/C25H26ClN7O3/c1-2-22(34)28-18-4-3-5-19(14-18)29-24-21(26)15-27-25(31-24)30-17-6-8-20(9-7-17)33-12-10-32(11-13-33)16-23(35)36/h2-9,14-15H,1,10-13,16H2,(H,28,34)(H,35,36)(H2,27,29,30,31). The first kappa shape index (κ1) is 25.0. The SMILES string of the molecule is C=CC(=O)Nc1cccc(Nc2nc(Nc3ccc(N4CCN(CC(=O)O)CC4)cc3)ncc2Cl)c1. The van der Waals surface area contributed by atoms with E-state index in [2.05, 4.69) is 37.4 Å². The summed E-state index contributed by atoms with van der Waals surface area (Å²) in [6, 6.07) is 15.0. The lowest BCUT2D eigenvalue weighted by Crippen LogP contribution is -2.47. The van der Waals surface area contributed by atoms with Gasteiger partial charge in [-0.2, -0.15) is 4.98 Å². The second-order valence-electron chi connectivity index (χ2n) is 8.12. The van der Waals surface area contributed by atoms with Crippen LogP contribution in [0.2, 0.25) is 5.02 Å². The molecule has 36 heavy (non-hydrogen) atoms. The van der Waals surface area contributed by atoms with Gasteiger partial charge in [0.1, 0.15) is 5.02 Å². The maximum atomic E-state index is 11.6. The van der Waals surface area contributed by atoms with Crippen molar-refractivity contribution >= 4 is 58.0 Å². The zero-order valence-corrected chi connectivity index (χ0v) is 20.2. The number of nitrogens with zero attached hydrogens (tertiary/aromatic N) is 4. The Labute approximate surface area is 213 Å². The third-order valence-electron chi connectivity index (χ3n) is 5.54. The number of carboxylic acid groups (broad SMARTS) is 1. The van der Waals surface area contributed by atoms with E-state index in [0.717, 1.165) is 24.5 Å². The number of amides is 1. The monoisotopic (exact) mass is 507 g/mol. The Kier molecular flexibility index (Phi) is 7.99. The first-order chi connectivity index (χ1) is 17.4. The number of rotatable bonds is 9. The van der Waals surface area contributed by atoms with Gasteiger partial charge in [-0.05, 0) is 48.5 Å². The first-order valence-corrected chi connectivity index (χ1v) is 11.7. The molecule has 2 aromatic carbocycles. The van der Waals surface area contributed by atoms with Crippen molar-refractivity contribution in [2.75, 3.05) is 53.6 Å². The first-order valence-electron chi connectivity index (χ1n) is 11.3. The molecule has 0 radical (unpaired) electrons. The molecule has 1 aliphatic heterocycles. The van der Waals surface area contributed by atoms with Crippen LogP contribution in [0.5, 0.6) is 0 Å². The summed E-state index contributed by atoms with van der Waals surface area (Å²) in [5.74, 6) is -0.317. The number of piperazine rings is 1. The molecule has 0 atom stereocenters. The largest absolute Gasteiger partial charge is 0.480 e. The minimum Gasteiger partial charge on any atom is -0.480 e. The molecule has 186 valence electrons. The number of anilines is 6. The smallest absolute Gasteiger partial charge is 0.317 e. The highest BCUT2D eigenvalue weighted by Gasteiger charge is 2.19. The predicted molar refractivity (Wildman–Crippen MR) is 142 cm³/mol. The molecule has 0 bridgehead atoms. The Morgan fingerprint density at radius 2 is 1.75 bits per heavy atom. The van der Waals surface area contributed by atoms with Crippen LogP contribution >= 0.6 is 11.6 Å². The van der Waals surface area contributed by atoms with E-state index < -0.39 is 5.97 Å². The van der Waals surface area contributed by atoms with Gasteiger partial charge >= 0.3 is 5.97 Å². The third kappa shape index (κ3) is 6.71. The lowest BCUT2D eigenvalue weighted by molar-refractivity contribution is -0.138. The molecule has 10 nitrogen and oxygen atoms in total. The van der Waals surface area contributed by atoms with Gasteiger partial charge in [0.05, 0.1) is 12.7 Å². The second kappa shape index (κ2) is 11.5. The van der Waals surface area contributed by atoms with Crippen LogP contribution in [0.15, 0.2) is 67.4 Å². The fourth-order valence-electron chi connectivity index (χ4n) is 3.76. The molecule has 0 saturated carbocycles. The normalized spacial score (nSPS) is 13.6. The second-order valence-corrected chi connectivity index (χ2v) is 8.53. The fraction of sp³-hybridized carbons (Fsp3) is 0.200. The van der Waals surface area contributed by atoms with Crippen molar-refractivity contribution in [3.8, 4) is 0 Å². The van der Waals surface area contributed by atoms with Crippen LogP contribution in [0.3, 0.4) is 0 Å². The Morgan fingerprint density at radius 3 is 2.44 bits per heavy atom. The van der Waals surface area contributed by atoms with Crippen LogP contribution in [0.25, 0.3) is 0 Å². The molecule has 1 fully saturated rings. The van der Waals surface area contributed by atoms with Gasteiger partial charge in [0.2, 0.25) is 11.9 Å². The molecule has 1 aliphatic rings. The summed E-state index contributed by atoms with van der Waals surface area (Å²) in [7, 11) is 0. The molecule has 0 aliphatic carbocycles. The quantitative estimate of drug-likeness (QED) is 0.319. The number of aliphatic carboxylic acids is 1. The zero-order valence-electron chi connectivity index (χ0n) is 19.4. The number of aromatic nitrogens is 2. The summed E-state index contributed by atoms with van der Waals surface area (Å²) < 4.78 is 0. The number of carboxylic acids is 1. The molecular formula is C25H26ClN7O3. The van der Waals surface area contributed by atoms with Crippen molar-refractivity contribution in [1.82, 2.24) is 14.9 Å². The lowest BCUT2D eigenvalue weighted by atomic mass is 10.2. The van der Waals surface area contributed by atoms with Crippen molar-refractivity contribution in [2.45, 2.75) is 0 Å². The van der Waals surface area contributed by atoms with Crippen LogP contribution in [-0.4, -0.2) is 64.6 Å². The van der Waals surface area contributed by atoms with Gasteiger partial charge in [0.15, 0.2) is 5.82 Å². The van der Waals surface area contributed by atoms with Crippen molar-refractivity contribution in [3.63, 3.8) is 0 Å². The highest BCUT2D eigenvalue weighted by Crippen LogP contribution is 2.27. The van der Waals surface area contributed by atoms with Crippen molar-refractivity contribution in [1.29, 1.82) is 0 Å². The minimum absolute atomic E-state index is 0.0753. The maximum absolute atomic E-state index is 11.6. The topological polar surface area (TPSA) is 123 Å². The molecule has 1 amide bonds. The van der Waals surface area contributed by atoms with Crippen molar-refractivity contribution in [3.05, 3.63) is 72.4 Å². The van der Waals surface area contributed by atoms with Gasteiger partial charge in [-0.15, -0.1) is 0 Å². The third-order valence-corrected chi connectivity index (χ3v) is 5.82. The number of hydrogen-bond donors (Lipinski definition) is 4. The van der Waals surface area contributed by atoms with E-state index in [1.54, 1.807) is 18.2 Å². The summed E-state index contributed by atoms with van der Waals surface area (Å²) in [6.45, 7) is 6.50. The summed E-state index contributed by atoms with van der Waals surface area (Å²) in [5.41, 5.74) is 3.18. The van der Waals surface area contributed by atoms with Crippen LogP contribution in [0.1, 0.15) is 0 Å². The molecular weight excluding hydrogens is 482 g/mol. The number of carbonyl (C=O) groups is 2. The molecule has 3 aromatic rings. The molecule has 0 spiro atoms. The van der Waals surface area contributed by atoms with Gasteiger partial charge < -0.3 is 26.0 Å². The lowest BCUT2D eigenvalue weighted by Gasteiger charge is -2.35. The number of halogens is 1. The molecule has 0 unspecified atom stereocenters. The van der Waals surface area contributed by atoms with Crippen molar-refractivity contribution < 1.29 is 14.7 Å². The van der Waals surface area contributed by atoms with Gasteiger partial charge in [-0.1, -0.05) is 24.2 Å². The Hall–Kier alpha value is -4.15. The van der Waals surface area contributed by atoms with Gasteiger partial charge in [0, 0.05) is 48.9 Å². The summed E-state index contributed by atoms with van der Waals surface area (Å²) in [6.07, 6.45) is 2.71. The predicted octanol–water partition coefficient (Wildman–Crippen LogP) is 3.95. The average Bonchev–Trinajstić information content (AvgIpc) is 2.87. The summed E-state index contributed by atoms with van der Waals surface area (Å²) >= 11 is 6.30. The van der Waals surface area contributed by atoms with Gasteiger partial charge in [0.25, 0.3) is 0 Å². The molecule has 2 heterocycles. The van der Waals surface area contributed by atoms with E-state index in [9.17, 15) is 9.59 Å². The Balaban J connectivity index is 1.39. The highest BCUT2D eigenvalue weighted by atomic mass is 35.5. The van der Waals surface area contributed by atoms with E-state index in [0.29, 0.717) is 41.3 Å². The summed E-state index contributed by atoms with van der Waals surface area (Å²) in [5, 5.41) is 18.3. The Bertz CT molecular complexity index is 1240. The fourth-order valence-corrected chi connectivity index (χ4v) is 3.90. The average molecular weight is 508 g/mol. The van der Waals surface area contributed by atoms with Crippen LogP contribution in [0.4, 0.5) is 34.5 Å². The number of nitrogens with one attached hydrogen (secondary N) is 3. The number of hydrogen-bond acceptors (Lipinski definition) is 8. The van der Waals surface area contributed by atoms with Gasteiger partial charge in [-0.3, -0.25) is 14.5 Å². The zero-order chi connectivity index (χ0) is 25.5. The highest BCUT2D eigenvalue weighted by molar-refractivity contribution is 6.32. The van der Waals surface area contributed by atoms with Gasteiger partial charge in [-0.25, -0.2) is 4.98 Å². The van der Waals surface area contributed by atoms with Crippen LogP contribution in [0, 0.1) is 0 Å². The molecule has 4 N–H and O–H groups in total. The van der Waals surface area contributed by atoms with E-state index in [4.69, 9.17) is 16.7 Å². The van der Waals surface area contributed by atoms with E-state index in [1.165, 1.54) is 12.3 Å². The van der Waals surface area contributed by atoms with Crippen LogP contribution < -0.4 is 20.9 Å². The minimum atomic E-state index is -0.799. The van der Waals surface area contributed by atoms with E-state index in [-0.39, 0.29) is 12.5 Å². The molecule has 1 aromatic heterocycles. The molecule has 11 heteroatoms. The van der Waals surface area contributed by atoms with Crippen LogP contribution in [-0.2, 0) is 9.59 Å². The molecule has 1 saturated heterocycles. The number of benzene rings is 2. The maximum Gasteiger partial charge on any atom is 0.317 e. The molecule has 4 rings (SSSR count). The summed E-state index contributed by atoms with van der Waals surface area (Å²) in [4.78, 5) is 35.4. The van der Waals surface area contributed by atoms with E-state index >= 15 is 0 Å². The van der Waals surface area contributed by atoms with Crippen molar-refractivity contribution in [2.24, 2.45) is 0 Å². The van der Waals surface area contributed by atoms with E-state index in [1.807, 2.05) is 35.2 Å².